The van der Waals surface area contributed by atoms with Gasteiger partial charge < -0.3 is 4.74 Å². The molecule has 1 rings (SSSR count). The zero-order valence-corrected chi connectivity index (χ0v) is 9.38. The molecule has 4 heteroatoms. The monoisotopic (exact) mass is 202 g/mol. The summed E-state index contributed by atoms with van der Waals surface area (Å²) >= 11 is 0. The third-order valence-corrected chi connectivity index (χ3v) is 3.01. The topological polar surface area (TPSA) is 27.1 Å². The molecule has 0 amide bonds. The Balaban J connectivity index is 2.09. The quantitative estimate of drug-likeness (QED) is 0.677. The zero-order valence-electron chi connectivity index (χ0n) is 8.56. The molecule has 0 atom stereocenters. The molecular weight excluding hydrogens is 184 g/mol. The van der Waals surface area contributed by atoms with E-state index >= 15 is 0 Å². The molecule has 13 heavy (non-hydrogen) atoms. The Labute approximate surface area is 81.4 Å². The molecule has 1 aromatic heterocycles. The molecule has 0 bridgehead atoms. The lowest BCUT2D eigenvalue weighted by atomic mass is 10.8. The van der Waals surface area contributed by atoms with Gasteiger partial charge in [0, 0.05) is 18.1 Å². The van der Waals surface area contributed by atoms with Gasteiger partial charge in [-0.2, -0.15) is 5.10 Å². The van der Waals surface area contributed by atoms with Crippen molar-refractivity contribution in [2.24, 2.45) is 0 Å². The van der Waals surface area contributed by atoms with Gasteiger partial charge in [0.1, 0.15) is 6.73 Å². The molecule has 3 nitrogen and oxygen atoms in total. The second-order valence-corrected chi connectivity index (χ2v) is 8.47. The Morgan fingerprint density at radius 2 is 2.15 bits per heavy atom. The first-order valence-corrected chi connectivity index (χ1v) is 7.32. The van der Waals surface area contributed by atoms with E-state index in [0.717, 1.165) is 12.4 Å². The lowest BCUT2D eigenvalue weighted by Gasteiger charge is -2.24. The molecule has 0 saturated carbocycles. The predicted molar refractivity (Wildman–Crippen MR) is 58.4 cm³/mol. The van der Waals surface area contributed by atoms with Gasteiger partial charge in [-0.3, -0.25) is 0 Å². The summed E-state index contributed by atoms with van der Waals surface area (Å²) in [6.07, 6.45) is 10.6. The first-order chi connectivity index (χ1) is 6.08. The molecule has 0 aliphatic heterocycles. The minimum absolute atomic E-state index is 0.420. The Morgan fingerprint density at radius 1 is 1.38 bits per heavy atom. The maximum absolute atomic E-state index is 5.48. The van der Waals surface area contributed by atoms with E-state index in [2.05, 4.69) is 23.9 Å². The number of rotatable bonds is 5. The highest BCUT2D eigenvalue weighted by Crippen LogP contribution is 2.33. The molecule has 0 unspecified atom stereocenters. The van der Waals surface area contributed by atoms with Crippen molar-refractivity contribution in [1.82, 2.24) is 9.78 Å². The molecule has 0 aliphatic carbocycles. The zero-order chi connectivity index (χ0) is 9.73. The third kappa shape index (κ3) is 4.95. The molecule has 0 fully saturated rings. The van der Waals surface area contributed by atoms with Gasteiger partial charge in [0.15, 0.2) is 0 Å². The third-order valence-electron chi connectivity index (χ3n) is 1.62. The first kappa shape index (κ1) is 10.6. The smallest absolute Gasteiger partial charge is 0.139 e. The van der Waals surface area contributed by atoms with Crippen molar-refractivity contribution in [3.63, 3.8) is 0 Å². The summed E-state index contributed by atoms with van der Waals surface area (Å²) in [5, 5.41) is 4.05. The minimum atomic E-state index is -0.420. The van der Waals surface area contributed by atoms with E-state index in [9.17, 15) is 0 Å². The van der Waals surface area contributed by atoms with Crippen LogP contribution in [0.1, 0.15) is 0 Å². The highest BCUT2D eigenvalue weighted by Gasteiger charge is 2.02. The minimum Gasteiger partial charge on any atom is -0.358 e. The number of ether oxygens (including phenoxy) is 1. The van der Waals surface area contributed by atoms with Gasteiger partial charge in [-0.25, -0.2) is 14.7 Å². The van der Waals surface area contributed by atoms with Gasteiger partial charge in [-0.1, -0.05) is 0 Å². The van der Waals surface area contributed by atoms with Crippen molar-refractivity contribution in [3.8, 4) is 0 Å². The lowest BCUT2D eigenvalue weighted by Crippen LogP contribution is -2.10. The SMILES string of the molecule is CS(C)(C)CCOCn1cccn1. The van der Waals surface area contributed by atoms with Crippen molar-refractivity contribution in [3.05, 3.63) is 18.5 Å². The van der Waals surface area contributed by atoms with Crippen molar-refractivity contribution in [2.45, 2.75) is 6.73 Å². The van der Waals surface area contributed by atoms with E-state index in [1.165, 1.54) is 0 Å². The standard InChI is InChI=1S/C9H18N2OS/c1-13(2,3)8-7-12-9-11-6-4-5-10-11/h4-6H,7-9H2,1-3H3. The summed E-state index contributed by atoms with van der Waals surface area (Å²) in [5.74, 6) is 1.16. The van der Waals surface area contributed by atoms with Crippen molar-refractivity contribution < 1.29 is 4.74 Å². The van der Waals surface area contributed by atoms with Gasteiger partial charge in [0.2, 0.25) is 0 Å². The first-order valence-electron chi connectivity index (χ1n) is 4.29. The largest absolute Gasteiger partial charge is 0.358 e. The van der Waals surface area contributed by atoms with Crippen LogP contribution in [0.4, 0.5) is 0 Å². The van der Waals surface area contributed by atoms with Crippen LogP contribution in [0.2, 0.25) is 0 Å². The molecule has 0 spiro atoms. The summed E-state index contributed by atoms with van der Waals surface area (Å²) in [4.78, 5) is 0. The molecule has 0 aliphatic rings. The molecular formula is C9H18N2OS. The van der Waals surface area contributed by atoms with Gasteiger partial charge in [0.05, 0.1) is 6.61 Å². The maximum Gasteiger partial charge on any atom is 0.139 e. The van der Waals surface area contributed by atoms with E-state index in [-0.39, 0.29) is 0 Å². The number of hydrogen-bond donors (Lipinski definition) is 0. The van der Waals surface area contributed by atoms with E-state index in [1.54, 1.807) is 10.9 Å². The van der Waals surface area contributed by atoms with E-state index in [0.29, 0.717) is 6.73 Å². The van der Waals surface area contributed by atoms with Crippen molar-refractivity contribution in [1.29, 1.82) is 0 Å². The average Bonchev–Trinajstić information content (AvgIpc) is 2.48. The van der Waals surface area contributed by atoms with Gasteiger partial charge in [0.25, 0.3) is 0 Å². The summed E-state index contributed by atoms with van der Waals surface area (Å²) in [6.45, 7) is 1.40. The molecule has 76 valence electrons. The van der Waals surface area contributed by atoms with Crippen LogP contribution in [0.25, 0.3) is 0 Å². The van der Waals surface area contributed by atoms with Crippen molar-refractivity contribution in [2.75, 3.05) is 31.1 Å². The molecule has 1 heterocycles. The molecule has 0 radical (unpaired) electrons. The Morgan fingerprint density at radius 3 is 2.69 bits per heavy atom. The van der Waals surface area contributed by atoms with Crippen LogP contribution >= 0.6 is 10.0 Å². The van der Waals surface area contributed by atoms with Gasteiger partial charge >= 0.3 is 0 Å². The molecule has 0 N–H and O–H groups in total. The molecule has 0 saturated heterocycles. The van der Waals surface area contributed by atoms with Crippen LogP contribution in [-0.4, -0.2) is 40.9 Å². The average molecular weight is 202 g/mol. The number of nitrogens with zero attached hydrogens (tertiary/aromatic N) is 2. The Hall–Kier alpha value is -0.480. The van der Waals surface area contributed by atoms with Crippen LogP contribution in [-0.2, 0) is 11.5 Å². The highest BCUT2D eigenvalue weighted by molar-refractivity contribution is 8.32. The molecule has 1 aromatic rings. The number of aromatic nitrogens is 2. The second kappa shape index (κ2) is 4.67. The summed E-state index contributed by atoms with van der Waals surface area (Å²) in [7, 11) is -0.420. The van der Waals surface area contributed by atoms with Crippen LogP contribution in [0.3, 0.4) is 0 Å². The summed E-state index contributed by atoms with van der Waals surface area (Å²) in [5.41, 5.74) is 0. The Bertz CT molecular complexity index is 228. The van der Waals surface area contributed by atoms with Crippen LogP contribution in [0.5, 0.6) is 0 Å². The lowest BCUT2D eigenvalue weighted by molar-refractivity contribution is 0.0809. The van der Waals surface area contributed by atoms with Gasteiger partial charge in [-0.05, 0) is 24.8 Å². The second-order valence-electron chi connectivity index (χ2n) is 3.88. The van der Waals surface area contributed by atoms with Gasteiger partial charge in [-0.15, -0.1) is 0 Å². The maximum atomic E-state index is 5.48. The fourth-order valence-electron chi connectivity index (χ4n) is 0.844. The Kier molecular flexibility index (Phi) is 3.81. The van der Waals surface area contributed by atoms with E-state index in [4.69, 9.17) is 4.74 Å². The normalized spacial score (nSPS) is 13.2. The number of hydrogen-bond acceptors (Lipinski definition) is 2. The van der Waals surface area contributed by atoms with E-state index in [1.807, 2.05) is 12.3 Å². The van der Waals surface area contributed by atoms with Crippen LogP contribution in [0, 0.1) is 0 Å². The fourth-order valence-corrected chi connectivity index (χ4v) is 1.46. The summed E-state index contributed by atoms with van der Waals surface area (Å²) in [6, 6.07) is 1.90. The highest BCUT2D eigenvalue weighted by atomic mass is 32.3. The molecule has 0 aromatic carbocycles. The van der Waals surface area contributed by atoms with Crippen molar-refractivity contribution >= 4 is 10.0 Å². The fraction of sp³-hybridized carbons (Fsp3) is 0.667. The van der Waals surface area contributed by atoms with Crippen LogP contribution in [0.15, 0.2) is 18.5 Å². The summed E-state index contributed by atoms with van der Waals surface area (Å²) < 4.78 is 7.27. The van der Waals surface area contributed by atoms with Crippen LogP contribution < -0.4 is 0 Å². The predicted octanol–water partition coefficient (Wildman–Crippen LogP) is 1.55. The van der Waals surface area contributed by atoms with E-state index < -0.39 is 10.0 Å².